The van der Waals surface area contributed by atoms with Gasteiger partial charge in [0.25, 0.3) is 0 Å². The lowest BCUT2D eigenvalue weighted by molar-refractivity contribution is -0.0120. The van der Waals surface area contributed by atoms with E-state index in [1.165, 1.54) is 0 Å². The lowest BCUT2D eigenvalue weighted by atomic mass is 10.4. The Labute approximate surface area is 128 Å². The molecule has 126 valence electrons. The van der Waals surface area contributed by atoms with E-state index >= 15 is 0 Å². The highest BCUT2D eigenvalue weighted by molar-refractivity contribution is 4.66. The minimum atomic E-state index is 0.324. The van der Waals surface area contributed by atoms with Crippen LogP contribution >= 0.6 is 0 Å². The molecule has 1 unspecified atom stereocenters. The van der Waals surface area contributed by atoms with Crippen LogP contribution in [0.2, 0.25) is 0 Å². The van der Waals surface area contributed by atoms with Crippen molar-refractivity contribution in [1.82, 2.24) is 0 Å². The van der Waals surface area contributed by atoms with Gasteiger partial charge in [-0.2, -0.15) is 0 Å². The monoisotopic (exact) mass is 306 g/mol. The highest BCUT2D eigenvalue weighted by Gasteiger charge is 2.21. The Balaban J connectivity index is 1.59. The van der Waals surface area contributed by atoms with Gasteiger partial charge in [0.1, 0.15) is 6.10 Å². The molecule has 0 spiro atoms. The quantitative estimate of drug-likeness (QED) is 0.298. The van der Waals surface area contributed by atoms with E-state index in [4.69, 9.17) is 28.4 Å². The summed E-state index contributed by atoms with van der Waals surface area (Å²) < 4.78 is 31.9. The minimum absolute atomic E-state index is 0.324. The largest absolute Gasteiger partial charge is 0.379 e. The van der Waals surface area contributed by atoms with Gasteiger partial charge < -0.3 is 28.4 Å². The number of hydrogen-bond acceptors (Lipinski definition) is 6. The van der Waals surface area contributed by atoms with E-state index in [0.717, 1.165) is 26.1 Å². The fourth-order valence-corrected chi connectivity index (χ4v) is 1.51. The van der Waals surface area contributed by atoms with Crippen molar-refractivity contribution in [1.29, 1.82) is 0 Å². The number of epoxide rings is 1. The zero-order valence-corrected chi connectivity index (χ0v) is 13.2. The van der Waals surface area contributed by atoms with Crippen molar-refractivity contribution < 1.29 is 28.4 Å². The number of ether oxygens (including phenoxy) is 6. The van der Waals surface area contributed by atoms with Crippen LogP contribution in [0.25, 0.3) is 0 Å². The second-order valence-corrected chi connectivity index (χ2v) is 4.83. The summed E-state index contributed by atoms with van der Waals surface area (Å²) >= 11 is 0. The lowest BCUT2D eigenvalue weighted by Crippen LogP contribution is -2.14. The maximum Gasteiger partial charge on any atom is 0.104 e. The molecule has 1 heterocycles. The first-order valence-electron chi connectivity index (χ1n) is 7.93. The van der Waals surface area contributed by atoms with Crippen LogP contribution in [-0.4, -0.2) is 78.8 Å². The third kappa shape index (κ3) is 14.5. The molecule has 6 heteroatoms. The van der Waals surface area contributed by atoms with Gasteiger partial charge >= 0.3 is 0 Å². The van der Waals surface area contributed by atoms with Crippen LogP contribution < -0.4 is 0 Å². The first-order valence-corrected chi connectivity index (χ1v) is 7.93. The molecule has 0 saturated carbocycles. The smallest absolute Gasteiger partial charge is 0.104 e. The van der Waals surface area contributed by atoms with E-state index in [1.54, 1.807) is 0 Å². The first kappa shape index (κ1) is 18.8. The Hall–Kier alpha value is -0.240. The fraction of sp³-hybridized carbons (Fsp3) is 1.00. The van der Waals surface area contributed by atoms with Crippen molar-refractivity contribution in [2.75, 3.05) is 72.7 Å². The summed E-state index contributed by atoms with van der Waals surface area (Å²) in [7, 11) is 0. The van der Waals surface area contributed by atoms with Crippen molar-refractivity contribution in [2.24, 2.45) is 0 Å². The van der Waals surface area contributed by atoms with Crippen LogP contribution in [0.5, 0.6) is 0 Å². The maximum atomic E-state index is 5.38. The molecule has 0 radical (unpaired) electrons. The highest BCUT2D eigenvalue weighted by Crippen LogP contribution is 2.07. The minimum Gasteiger partial charge on any atom is -0.379 e. The van der Waals surface area contributed by atoms with Crippen molar-refractivity contribution in [3.63, 3.8) is 0 Å². The van der Waals surface area contributed by atoms with Gasteiger partial charge in [0.05, 0.1) is 66.1 Å². The Morgan fingerprint density at radius 3 is 1.57 bits per heavy atom. The van der Waals surface area contributed by atoms with Crippen LogP contribution in [0.15, 0.2) is 0 Å². The standard InChI is InChI=1S/C15H30O6/c1-2-3-4-16-5-6-17-7-8-18-9-10-19-11-12-20-13-15-14-21-15/h15H,2-14H2,1H3. The van der Waals surface area contributed by atoms with E-state index in [1.807, 2.05) is 0 Å². The second kappa shape index (κ2) is 14.7. The normalized spacial score (nSPS) is 17.3. The summed E-state index contributed by atoms with van der Waals surface area (Å²) in [6.45, 7) is 9.35. The molecule has 1 atom stereocenters. The number of hydrogen-bond donors (Lipinski definition) is 0. The first-order chi connectivity index (χ1) is 10.4. The zero-order valence-electron chi connectivity index (χ0n) is 13.2. The molecule has 0 N–H and O–H groups in total. The Bertz CT molecular complexity index is 210. The molecule has 6 nitrogen and oxygen atoms in total. The Kier molecular flexibility index (Phi) is 13.2. The van der Waals surface area contributed by atoms with Crippen molar-refractivity contribution in [2.45, 2.75) is 25.9 Å². The van der Waals surface area contributed by atoms with Gasteiger partial charge in [0.15, 0.2) is 0 Å². The van der Waals surface area contributed by atoms with Gasteiger partial charge in [-0.25, -0.2) is 0 Å². The fourth-order valence-electron chi connectivity index (χ4n) is 1.51. The molecule has 0 aromatic carbocycles. The maximum absolute atomic E-state index is 5.38. The summed E-state index contributed by atoms with van der Waals surface area (Å²) in [6, 6.07) is 0. The van der Waals surface area contributed by atoms with Crippen molar-refractivity contribution in [3.8, 4) is 0 Å². The zero-order chi connectivity index (χ0) is 15.0. The molecule has 0 aromatic rings. The lowest BCUT2D eigenvalue weighted by Gasteiger charge is -2.07. The van der Waals surface area contributed by atoms with E-state index in [2.05, 4.69) is 6.92 Å². The average Bonchev–Trinajstić information content (AvgIpc) is 3.31. The van der Waals surface area contributed by atoms with Gasteiger partial charge in [-0.15, -0.1) is 0 Å². The van der Waals surface area contributed by atoms with E-state index < -0.39 is 0 Å². The summed E-state index contributed by atoms with van der Waals surface area (Å²) in [4.78, 5) is 0. The predicted octanol–water partition coefficient (Wildman–Crippen LogP) is 1.27. The third-order valence-corrected chi connectivity index (χ3v) is 2.84. The highest BCUT2D eigenvalue weighted by atomic mass is 16.6. The van der Waals surface area contributed by atoms with Gasteiger partial charge in [0.2, 0.25) is 0 Å². The van der Waals surface area contributed by atoms with Crippen LogP contribution in [0.1, 0.15) is 19.8 Å². The summed E-state index contributed by atoms with van der Waals surface area (Å²) in [5.41, 5.74) is 0. The number of unbranched alkanes of at least 4 members (excludes halogenated alkanes) is 1. The summed E-state index contributed by atoms with van der Waals surface area (Å²) in [6.07, 6.45) is 2.60. The van der Waals surface area contributed by atoms with E-state index in [0.29, 0.717) is 65.6 Å². The molecule has 21 heavy (non-hydrogen) atoms. The Morgan fingerprint density at radius 2 is 1.14 bits per heavy atom. The summed E-state index contributed by atoms with van der Waals surface area (Å²) in [5, 5.41) is 0. The molecular weight excluding hydrogens is 276 g/mol. The van der Waals surface area contributed by atoms with Gasteiger partial charge in [-0.1, -0.05) is 13.3 Å². The van der Waals surface area contributed by atoms with Crippen molar-refractivity contribution >= 4 is 0 Å². The third-order valence-electron chi connectivity index (χ3n) is 2.84. The second-order valence-electron chi connectivity index (χ2n) is 4.83. The van der Waals surface area contributed by atoms with E-state index in [-0.39, 0.29) is 0 Å². The summed E-state index contributed by atoms with van der Waals surface area (Å²) in [5.74, 6) is 0. The van der Waals surface area contributed by atoms with Crippen LogP contribution in [0, 0.1) is 0 Å². The molecule has 0 aromatic heterocycles. The molecule has 0 aliphatic carbocycles. The average molecular weight is 306 g/mol. The Morgan fingerprint density at radius 1 is 0.714 bits per heavy atom. The van der Waals surface area contributed by atoms with Crippen LogP contribution in [0.4, 0.5) is 0 Å². The van der Waals surface area contributed by atoms with E-state index in [9.17, 15) is 0 Å². The van der Waals surface area contributed by atoms with Crippen LogP contribution in [-0.2, 0) is 28.4 Å². The van der Waals surface area contributed by atoms with Gasteiger partial charge in [-0.3, -0.25) is 0 Å². The molecular formula is C15H30O6. The SMILES string of the molecule is CCCCOCCOCCOCCOCCOCC1CO1. The molecule has 1 aliphatic rings. The van der Waals surface area contributed by atoms with Crippen molar-refractivity contribution in [3.05, 3.63) is 0 Å². The van der Waals surface area contributed by atoms with Gasteiger partial charge in [-0.05, 0) is 6.42 Å². The number of rotatable bonds is 17. The topological polar surface area (TPSA) is 58.7 Å². The molecule has 1 fully saturated rings. The van der Waals surface area contributed by atoms with Gasteiger partial charge in [0, 0.05) is 6.61 Å². The predicted molar refractivity (Wildman–Crippen MR) is 78.7 cm³/mol. The molecule has 1 saturated heterocycles. The molecule has 0 bridgehead atoms. The molecule has 1 rings (SSSR count). The molecule has 1 aliphatic heterocycles. The van der Waals surface area contributed by atoms with Crippen LogP contribution in [0.3, 0.4) is 0 Å². The molecule has 0 amide bonds.